The molecular weight excluding hydrogens is 208 g/mol. The van der Waals surface area contributed by atoms with Crippen molar-refractivity contribution in [2.24, 2.45) is 0 Å². The van der Waals surface area contributed by atoms with Crippen LogP contribution in [0.15, 0.2) is 54.6 Å². The summed E-state index contributed by atoms with van der Waals surface area (Å²) < 4.78 is 0. The second kappa shape index (κ2) is 5.18. The summed E-state index contributed by atoms with van der Waals surface area (Å²) in [5.41, 5.74) is 8.77. The highest BCUT2D eigenvalue weighted by Gasteiger charge is 2.13. The van der Waals surface area contributed by atoms with Crippen LogP contribution in [0.5, 0.6) is 0 Å². The largest absolute Gasteiger partial charge is 0.399 e. The Balaban J connectivity index is 2.40. The van der Waals surface area contributed by atoms with Gasteiger partial charge in [0.1, 0.15) is 0 Å². The van der Waals surface area contributed by atoms with Crippen molar-refractivity contribution in [2.45, 2.75) is 12.3 Å². The molecule has 2 heteroatoms. The summed E-state index contributed by atoms with van der Waals surface area (Å²) in [5.74, 6) is 0.102. The minimum Gasteiger partial charge on any atom is -0.399 e. The number of benzene rings is 2. The summed E-state index contributed by atoms with van der Waals surface area (Å²) in [7, 11) is 0. The lowest BCUT2D eigenvalue weighted by Crippen LogP contribution is -2.01. The molecule has 0 fully saturated rings. The quantitative estimate of drug-likeness (QED) is 0.810. The first-order valence-electron chi connectivity index (χ1n) is 5.58. The van der Waals surface area contributed by atoms with Gasteiger partial charge < -0.3 is 5.73 Å². The van der Waals surface area contributed by atoms with Crippen molar-refractivity contribution in [1.29, 1.82) is 5.26 Å². The summed E-state index contributed by atoms with van der Waals surface area (Å²) in [4.78, 5) is 0. The van der Waals surface area contributed by atoms with Crippen molar-refractivity contribution in [2.75, 3.05) is 5.73 Å². The first kappa shape index (κ1) is 11.2. The van der Waals surface area contributed by atoms with Gasteiger partial charge in [-0.15, -0.1) is 0 Å². The Morgan fingerprint density at radius 2 is 1.71 bits per heavy atom. The SMILES string of the molecule is N#CCC(c1ccccc1)c1cccc(N)c1. The molecule has 0 aliphatic heterocycles. The minimum absolute atomic E-state index is 0.102. The third-order valence-corrected chi connectivity index (χ3v) is 2.81. The van der Waals surface area contributed by atoms with E-state index in [1.165, 1.54) is 0 Å². The molecule has 0 saturated carbocycles. The number of rotatable bonds is 3. The lowest BCUT2D eigenvalue weighted by atomic mass is 9.89. The first-order chi connectivity index (χ1) is 8.31. The number of nitrogen functional groups attached to an aromatic ring is 1. The van der Waals surface area contributed by atoms with Crippen LogP contribution in [0.4, 0.5) is 5.69 Å². The highest BCUT2D eigenvalue weighted by molar-refractivity contribution is 5.44. The molecule has 0 aliphatic rings. The monoisotopic (exact) mass is 222 g/mol. The molecule has 2 aromatic carbocycles. The highest BCUT2D eigenvalue weighted by atomic mass is 14.5. The normalized spacial score (nSPS) is 11.7. The molecule has 0 amide bonds. The molecule has 2 N–H and O–H groups in total. The van der Waals surface area contributed by atoms with E-state index in [9.17, 15) is 0 Å². The number of nitriles is 1. The van der Waals surface area contributed by atoms with E-state index in [1.807, 2.05) is 54.6 Å². The van der Waals surface area contributed by atoms with Crippen LogP contribution in [0.3, 0.4) is 0 Å². The van der Waals surface area contributed by atoms with E-state index in [0.717, 1.165) is 16.8 Å². The average molecular weight is 222 g/mol. The van der Waals surface area contributed by atoms with Crippen molar-refractivity contribution in [3.63, 3.8) is 0 Å². The van der Waals surface area contributed by atoms with Crippen LogP contribution in [0.25, 0.3) is 0 Å². The topological polar surface area (TPSA) is 49.8 Å². The Morgan fingerprint density at radius 1 is 1.00 bits per heavy atom. The van der Waals surface area contributed by atoms with E-state index in [0.29, 0.717) is 6.42 Å². The number of hydrogen-bond donors (Lipinski definition) is 1. The van der Waals surface area contributed by atoms with Crippen LogP contribution >= 0.6 is 0 Å². The van der Waals surface area contributed by atoms with Gasteiger partial charge >= 0.3 is 0 Å². The van der Waals surface area contributed by atoms with Gasteiger partial charge in [-0.2, -0.15) is 5.26 Å². The molecule has 0 spiro atoms. The van der Waals surface area contributed by atoms with Gasteiger partial charge in [0.2, 0.25) is 0 Å². The molecular formula is C15H14N2. The molecule has 1 unspecified atom stereocenters. The van der Waals surface area contributed by atoms with E-state index in [2.05, 4.69) is 6.07 Å². The fourth-order valence-corrected chi connectivity index (χ4v) is 1.98. The summed E-state index contributed by atoms with van der Waals surface area (Å²) >= 11 is 0. The zero-order valence-electron chi connectivity index (χ0n) is 9.51. The second-order valence-corrected chi connectivity index (χ2v) is 4.00. The Kier molecular flexibility index (Phi) is 3.42. The van der Waals surface area contributed by atoms with E-state index in [-0.39, 0.29) is 5.92 Å². The zero-order chi connectivity index (χ0) is 12.1. The van der Waals surface area contributed by atoms with Gasteiger partial charge in [0, 0.05) is 18.0 Å². The van der Waals surface area contributed by atoms with Crippen LogP contribution in [0.2, 0.25) is 0 Å². The van der Waals surface area contributed by atoms with Crippen LogP contribution < -0.4 is 5.73 Å². The Labute approximate surface area is 101 Å². The molecule has 0 bridgehead atoms. The second-order valence-electron chi connectivity index (χ2n) is 4.00. The number of hydrogen-bond acceptors (Lipinski definition) is 2. The standard InChI is InChI=1S/C15H14N2/c16-10-9-15(12-5-2-1-3-6-12)13-7-4-8-14(17)11-13/h1-8,11,15H,9,17H2. The van der Waals surface area contributed by atoms with E-state index < -0.39 is 0 Å². The molecule has 1 atom stereocenters. The molecule has 17 heavy (non-hydrogen) atoms. The van der Waals surface area contributed by atoms with Crippen molar-refractivity contribution in [3.8, 4) is 6.07 Å². The maximum Gasteiger partial charge on any atom is 0.0631 e. The molecule has 2 nitrogen and oxygen atoms in total. The van der Waals surface area contributed by atoms with Gasteiger partial charge in [-0.05, 0) is 23.3 Å². The molecule has 0 radical (unpaired) electrons. The van der Waals surface area contributed by atoms with E-state index >= 15 is 0 Å². The Hall–Kier alpha value is -2.27. The predicted molar refractivity (Wildman–Crippen MR) is 69.4 cm³/mol. The number of nitrogens with zero attached hydrogens (tertiary/aromatic N) is 1. The van der Waals surface area contributed by atoms with Crippen LogP contribution in [0.1, 0.15) is 23.5 Å². The van der Waals surface area contributed by atoms with Crippen LogP contribution in [0, 0.1) is 11.3 Å². The zero-order valence-corrected chi connectivity index (χ0v) is 9.51. The average Bonchev–Trinajstić information content (AvgIpc) is 2.37. The van der Waals surface area contributed by atoms with Gasteiger partial charge in [0.05, 0.1) is 6.07 Å². The molecule has 0 heterocycles. The van der Waals surface area contributed by atoms with Crippen molar-refractivity contribution < 1.29 is 0 Å². The van der Waals surface area contributed by atoms with Crippen LogP contribution in [-0.2, 0) is 0 Å². The smallest absolute Gasteiger partial charge is 0.0631 e. The maximum absolute atomic E-state index is 8.95. The van der Waals surface area contributed by atoms with Crippen LogP contribution in [-0.4, -0.2) is 0 Å². The summed E-state index contributed by atoms with van der Waals surface area (Å²) in [6.45, 7) is 0. The van der Waals surface area contributed by atoms with Gasteiger partial charge in [0.15, 0.2) is 0 Å². The molecule has 2 rings (SSSR count). The minimum atomic E-state index is 0.102. The molecule has 84 valence electrons. The predicted octanol–water partition coefficient (Wildman–Crippen LogP) is 3.31. The fraction of sp³-hybridized carbons (Fsp3) is 0.133. The summed E-state index contributed by atoms with van der Waals surface area (Å²) in [5, 5.41) is 8.95. The number of anilines is 1. The molecule has 2 aromatic rings. The van der Waals surface area contributed by atoms with Gasteiger partial charge in [0.25, 0.3) is 0 Å². The maximum atomic E-state index is 8.95. The van der Waals surface area contributed by atoms with Gasteiger partial charge in [-0.25, -0.2) is 0 Å². The Morgan fingerprint density at radius 3 is 2.35 bits per heavy atom. The summed E-state index contributed by atoms with van der Waals surface area (Å²) in [6, 6.07) is 20.0. The number of nitrogens with two attached hydrogens (primary N) is 1. The lowest BCUT2D eigenvalue weighted by molar-refractivity contribution is 0.839. The lowest BCUT2D eigenvalue weighted by Gasteiger charge is -2.15. The third kappa shape index (κ3) is 2.64. The molecule has 0 aliphatic carbocycles. The molecule has 0 saturated heterocycles. The van der Waals surface area contributed by atoms with E-state index in [4.69, 9.17) is 11.0 Å². The Bertz CT molecular complexity index is 526. The first-order valence-corrected chi connectivity index (χ1v) is 5.58. The van der Waals surface area contributed by atoms with Crippen molar-refractivity contribution >= 4 is 5.69 Å². The van der Waals surface area contributed by atoms with Gasteiger partial charge in [-0.3, -0.25) is 0 Å². The third-order valence-electron chi connectivity index (χ3n) is 2.81. The highest BCUT2D eigenvalue weighted by Crippen LogP contribution is 2.28. The fourth-order valence-electron chi connectivity index (χ4n) is 1.98. The van der Waals surface area contributed by atoms with E-state index in [1.54, 1.807) is 0 Å². The van der Waals surface area contributed by atoms with Gasteiger partial charge in [-0.1, -0.05) is 42.5 Å². The van der Waals surface area contributed by atoms with Crippen molar-refractivity contribution in [1.82, 2.24) is 0 Å². The summed E-state index contributed by atoms with van der Waals surface area (Å²) in [6.07, 6.45) is 0.466. The molecule has 0 aromatic heterocycles. The van der Waals surface area contributed by atoms with Crippen molar-refractivity contribution in [3.05, 3.63) is 65.7 Å².